The Morgan fingerprint density at radius 1 is 1.12 bits per heavy atom. The number of nitrogens with one attached hydrogen (secondary N) is 1. The molecule has 6 rings (SSSR count). The van der Waals surface area contributed by atoms with Crippen LogP contribution in [-0.2, 0) is 39.3 Å². The van der Waals surface area contributed by atoms with Crippen LogP contribution in [0.2, 0.25) is 18.6 Å². The van der Waals surface area contributed by atoms with Gasteiger partial charge in [-0.1, -0.05) is 12.1 Å². The minimum absolute atomic E-state index is 0.0318. The number of aliphatic hydroxyl groups excluding tert-OH is 2. The molecule has 270 valence electrons. The number of carbonyl (C=O) groups excluding carboxylic acids is 2. The van der Waals surface area contributed by atoms with E-state index in [1.165, 1.54) is 0 Å². The zero-order chi connectivity index (χ0) is 35.8. The molecule has 12 nitrogen and oxygen atoms in total. The van der Waals surface area contributed by atoms with Crippen LogP contribution >= 0.6 is 0 Å². The van der Waals surface area contributed by atoms with E-state index in [0.29, 0.717) is 68.0 Å². The van der Waals surface area contributed by atoms with E-state index in [0.717, 1.165) is 23.4 Å². The van der Waals surface area contributed by atoms with E-state index in [1.807, 2.05) is 50.2 Å². The summed E-state index contributed by atoms with van der Waals surface area (Å²) in [6.07, 6.45) is 3.88. The first kappa shape index (κ1) is 36.1. The van der Waals surface area contributed by atoms with Gasteiger partial charge in [0.25, 0.3) is 5.91 Å². The molecule has 1 unspecified atom stereocenters. The quantitative estimate of drug-likeness (QED) is 0.129. The summed E-state index contributed by atoms with van der Waals surface area (Å²) >= 11 is 0. The first-order valence-corrected chi connectivity index (χ1v) is 20.6. The molecule has 14 heteroatoms. The maximum Gasteiger partial charge on any atom is 0.264 e. The average Bonchev–Trinajstić information content (AvgIpc) is 3.72. The van der Waals surface area contributed by atoms with Gasteiger partial charge in [0.15, 0.2) is 5.60 Å². The number of nitrogens with zero attached hydrogens (tertiary/aromatic N) is 5. The van der Waals surface area contributed by atoms with Crippen molar-refractivity contribution in [3.05, 3.63) is 59.4 Å². The molecular weight excluding hydrogens is 660 g/mol. The fourth-order valence-electron chi connectivity index (χ4n) is 8.21. The molecule has 0 radical (unpaired) electrons. The van der Waals surface area contributed by atoms with Gasteiger partial charge < -0.3 is 34.0 Å². The fourth-order valence-corrected chi connectivity index (χ4v) is 10.7. The molecular formula is C36H49FN6O6Si. The third-order valence-corrected chi connectivity index (χ3v) is 12.9. The highest BCUT2D eigenvalue weighted by atomic mass is 28.4. The van der Waals surface area contributed by atoms with E-state index in [-0.39, 0.29) is 25.0 Å². The maximum absolute atomic E-state index is 16.3. The molecule has 4 heterocycles. The number of aryl methyl sites for hydroxylation is 1. The van der Waals surface area contributed by atoms with Gasteiger partial charge in [-0.3, -0.25) is 19.2 Å². The Labute approximate surface area is 293 Å². The summed E-state index contributed by atoms with van der Waals surface area (Å²) in [4.78, 5) is 31.9. The highest BCUT2D eigenvalue weighted by molar-refractivity contribution is 6.72. The highest BCUT2D eigenvalue weighted by Gasteiger charge is 2.66. The molecule has 3 aromatic rings. The first-order valence-electron chi connectivity index (χ1n) is 17.7. The average molecular weight is 709 g/mol. The summed E-state index contributed by atoms with van der Waals surface area (Å²) in [5.74, 6) is -0.132. The number of ether oxygens (including phenoxy) is 2. The van der Waals surface area contributed by atoms with Crippen molar-refractivity contribution in [2.24, 2.45) is 5.92 Å². The van der Waals surface area contributed by atoms with Crippen LogP contribution in [-0.4, -0.2) is 91.0 Å². The van der Waals surface area contributed by atoms with Crippen molar-refractivity contribution in [3.8, 4) is 5.75 Å². The van der Waals surface area contributed by atoms with Gasteiger partial charge in [0.1, 0.15) is 5.75 Å². The lowest BCUT2D eigenvalue weighted by molar-refractivity contribution is -0.145. The Kier molecular flexibility index (Phi) is 10.5. The number of amides is 2. The van der Waals surface area contributed by atoms with Gasteiger partial charge in [-0.15, -0.1) is 5.10 Å². The van der Waals surface area contributed by atoms with Crippen LogP contribution in [0.1, 0.15) is 49.9 Å². The third kappa shape index (κ3) is 6.47. The predicted octanol–water partition coefficient (Wildman–Crippen LogP) is 4.00. The second-order valence-corrected chi connectivity index (χ2v) is 17.9. The smallest absolute Gasteiger partial charge is 0.264 e. The standard InChI is InChI=1S/C36H49FN6O6Si/c1-6-48-27-10-12-30-24(19-27)20-29(38-15-7-8-17-44)34(46)43(30)26-9-11-31-28(21-26)36(35(47)41(31)3)23(2)33(50(4,5)37)32(49-36)13-16-42-22-25(14-18-45)39-40-42/h9-12,19,21-23,29,32-33,38,44-45H,6-8,13-18,20H2,1-5H3/t23-,29?,32+,33-,36+/m0/s1. The molecule has 0 aliphatic carbocycles. The molecule has 3 N–H and O–H groups in total. The Morgan fingerprint density at radius 2 is 1.90 bits per heavy atom. The largest absolute Gasteiger partial charge is 0.494 e. The van der Waals surface area contributed by atoms with Crippen LogP contribution in [0.25, 0.3) is 0 Å². The summed E-state index contributed by atoms with van der Waals surface area (Å²) in [5, 5.41) is 30.2. The van der Waals surface area contributed by atoms with E-state index < -0.39 is 37.6 Å². The van der Waals surface area contributed by atoms with Crippen molar-refractivity contribution in [2.75, 3.05) is 43.2 Å². The topological polar surface area (TPSA) is 142 Å². The zero-order valence-electron chi connectivity index (χ0n) is 29.6. The van der Waals surface area contributed by atoms with E-state index in [1.54, 1.807) is 40.8 Å². The summed E-state index contributed by atoms with van der Waals surface area (Å²) in [7, 11) is -1.67. The van der Waals surface area contributed by atoms with Gasteiger partial charge >= 0.3 is 0 Å². The lowest BCUT2D eigenvalue weighted by Crippen LogP contribution is -2.49. The summed E-state index contributed by atoms with van der Waals surface area (Å²) in [6, 6.07) is 10.8. The van der Waals surface area contributed by atoms with Crippen LogP contribution in [0.5, 0.6) is 5.75 Å². The molecule has 2 amide bonds. The second kappa shape index (κ2) is 14.5. The summed E-state index contributed by atoms with van der Waals surface area (Å²) < 4.78 is 30.7. The van der Waals surface area contributed by atoms with Crippen LogP contribution in [0.3, 0.4) is 0 Å². The van der Waals surface area contributed by atoms with Crippen molar-refractivity contribution >= 4 is 37.3 Å². The zero-order valence-corrected chi connectivity index (χ0v) is 30.6. The lowest BCUT2D eigenvalue weighted by Gasteiger charge is -2.36. The molecule has 2 aromatic carbocycles. The number of rotatable bonds is 14. The molecule has 3 aliphatic heterocycles. The first-order chi connectivity index (χ1) is 23.9. The van der Waals surface area contributed by atoms with E-state index in [4.69, 9.17) is 9.47 Å². The minimum atomic E-state index is -3.38. The SMILES string of the molecule is CCOc1ccc2c(c1)CC(NCCCCO)C(=O)N2c1ccc2c(c1)[C@@]1(O[C@H](CCn3cc(CCO)nn3)[C@@H]([Si](C)(C)F)[C@@H]1C)C(=O)N2C. The molecule has 3 aliphatic rings. The van der Waals surface area contributed by atoms with E-state index in [2.05, 4.69) is 15.6 Å². The van der Waals surface area contributed by atoms with Crippen LogP contribution in [0, 0.1) is 5.92 Å². The number of carbonyl (C=O) groups is 2. The van der Waals surface area contributed by atoms with Gasteiger partial charge in [0.05, 0.1) is 35.8 Å². The predicted molar refractivity (Wildman–Crippen MR) is 190 cm³/mol. The van der Waals surface area contributed by atoms with Crippen molar-refractivity contribution in [1.29, 1.82) is 0 Å². The van der Waals surface area contributed by atoms with Gasteiger partial charge in [-0.25, -0.2) is 0 Å². The Balaban J connectivity index is 1.38. The molecule has 5 atom stereocenters. The number of aliphatic hydroxyl groups is 2. The monoisotopic (exact) mass is 708 g/mol. The Hall–Kier alpha value is -3.69. The fraction of sp³-hybridized carbons (Fsp3) is 0.556. The number of aromatic nitrogens is 3. The summed E-state index contributed by atoms with van der Waals surface area (Å²) in [6.45, 7) is 8.76. The highest BCUT2D eigenvalue weighted by Crippen LogP contribution is 2.60. The van der Waals surface area contributed by atoms with Gasteiger partial charge in [0.2, 0.25) is 14.3 Å². The van der Waals surface area contributed by atoms with Crippen LogP contribution < -0.4 is 19.9 Å². The van der Waals surface area contributed by atoms with Crippen molar-refractivity contribution in [3.63, 3.8) is 0 Å². The third-order valence-electron chi connectivity index (χ3n) is 10.5. The lowest BCUT2D eigenvalue weighted by atomic mass is 9.82. The molecule has 0 saturated carbocycles. The molecule has 1 spiro atoms. The van der Waals surface area contributed by atoms with Crippen molar-refractivity contribution < 1.29 is 33.4 Å². The molecule has 1 saturated heterocycles. The normalized spacial score (nSPS) is 24.7. The Morgan fingerprint density at radius 3 is 2.62 bits per heavy atom. The van der Waals surface area contributed by atoms with Crippen molar-refractivity contribution in [2.45, 2.75) is 88.9 Å². The number of anilines is 3. The second-order valence-electron chi connectivity index (χ2n) is 14.1. The molecule has 50 heavy (non-hydrogen) atoms. The van der Waals surface area contributed by atoms with Gasteiger partial charge in [-0.05, 0) is 94.2 Å². The number of halogens is 1. The number of hydrogen-bond acceptors (Lipinski definition) is 9. The number of benzene rings is 2. The molecule has 1 aromatic heterocycles. The minimum Gasteiger partial charge on any atom is -0.494 e. The number of hydrogen-bond donors (Lipinski definition) is 3. The Bertz CT molecular complexity index is 1720. The number of fused-ring (bicyclic) bond motifs is 3. The van der Waals surface area contributed by atoms with Crippen LogP contribution in [0.4, 0.5) is 21.2 Å². The summed E-state index contributed by atoms with van der Waals surface area (Å²) in [5.41, 5.74) is 2.32. The van der Waals surface area contributed by atoms with E-state index in [9.17, 15) is 19.8 Å². The van der Waals surface area contributed by atoms with Crippen molar-refractivity contribution in [1.82, 2.24) is 20.3 Å². The van der Waals surface area contributed by atoms with Gasteiger partial charge in [-0.2, -0.15) is 0 Å². The van der Waals surface area contributed by atoms with Gasteiger partial charge in [0, 0.05) is 62.1 Å². The van der Waals surface area contributed by atoms with Crippen LogP contribution in [0.15, 0.2) is 42.6 Å². The molecule has 0 bridgehead atoms. The maximum atomic E-state index is 16.3. The number of likely N-dealkylation sites (N-methyl/N-ethyl adjacent to an activating group) is 1. The molecule has 1 fully saturated rings. The van der Waals surface area contributed by atoms with E-state index >= 15 is 4.11 Å². The number of unbranched alkanes of at least 4 members (excludes halogenated alkanes) is 1.